The third-order valence-corrected chi connectivity index (χ3v) is 4.45. The Bertz CT molecular complexity index is 578. The van der Waals surface area contributed by atoms with E-state index in [1.807, 2.05) is 6.92 Å². The van der Waals surface area contributed by atoms with Crippen molar-refractivity contribution in [2.75, 3.05) is 25.0 Å². The molecule has 0 aliphatic carbocycles. The van der Waals surface area contributed by atoms with E-state index in [9.17, 15) is 22.4 Å². The van der Waals surface area contributed by atoms with Gasteiger partial charge in [0.05, 0.1) is 11.9 Å². The van der Waals surface area contributed by atoms with Gasteiger partial charge < -0.3 is 15.4 Å². The Morgan fingerprint density at radius 3 is 2.65 bits per heavy atom. The van der Waals surface area contributed by atoms with Gasteiger partial charge in [-0.15, -0.1) is 0 Å². The van der Waals surface area contributed by atoms with Crippen molar-refractivity contribution in [1.29, 1.82) is 0 Å². The van der Waals surface area contributed by atoms with Crippen LogP contribution in [-0.2, 0) is 4.79 Å². The van der Waals surface area contributed by atoms with Crippen LogP contribution in [0.2, 0.25) is 0 Å². The quantitative estimate of drug-likeness (QED) is 0.683. The molecule has 1 unspecified atom stereocenters. The Hall–Kier alpha value is -1.90. The lowest BCUT2D eigenvalue weighted by atomic mass is 9.84. The van der Waals surface area contributed by atoms with Crippen LogP contribution in [0.5, 0.6) is 5.88 Å². The number of aromatic nitrogens is 1. The van der Waals surface area contributed by atoms with Gasteiger partial charge in [0, 0.05) is 12.5 Å². The van der Waals surface area contributed by atoms with E-state index in [1.54, 1.807) is 0 Å². The highest BCUT2D eigenvalue weighted by Crippen LogP contribution is 2.25. The predicted octanol–water partition coefficient (Wildman–Crippen LogP) is 3.33. The minimum absolute atomic E-state index is 0.157. The molecular formula is C17H23F4N3O2. The molecule has 1 saturated heterocycles. The number of amides is 1. The maximum Gasteiger partial charge on any atom is 0.340 e. The SMILES string of the molecule is CC(CC(=O)Nc1ccc(OCC(F)(F)C(F)F)nc1)C1CCNCC1. The first-order valence-electron chi connectivity index (χ1n) is 8.53. The maximum absolute atomic E-state index is 12.8. The summed E-state index contributed by atoms with van der Waals surface area (Å²) in [4.78, 5) is 15.9. The van der Waals surface area contributed by atoms with Crippen molar-refractivity contribution in [3.05, 3.63) is 18.3 Å². The van der Waals surface area contributed by atoms with Gasteiger partial charge in [0.1, 0.15) is 0 Å². The topological polar surface area (TPSA) is 63.2 Å². The Labute approximate surface area is 149 Å². The van der Waals surface area contributed by atoms with E-state index in [4.69, 9.17) is 0 Å². The highest BCUT2D eigenvalue weighted by molar-refractivity contribution is 5.90. The molecule has 2 N–H and O–H groups in total. The number of nitrogens with one attached hydrogen (secondary N) is 2. The molecule has 1 aliphatic heterocycles. The fourth-order valence-corrected chi connectivity index (χ4v) is 2.86. The molecule has 2 rings (SSSR count). The van der Waals surface area contributed by atoms with E-state index in [1.165, 1.54) is 18.3 Å². The number of halogens is 4. The van der Waals surface area contributed by atoms with Crippen molar-refractivity contribution in [1.82, 2.24) is 10.3 Å². The fraction of sp³-hybridized carbons (Fsp3) is 0.647. The molecule has 1 aromatic rings. The first-order valence-corrected chi connectivity index (χ1v) is 8.53. The van der Waals surface area contributed by atoms with Crippen LogP contribution in [-0.4, -0.2) is 42.9 Å². The van der Waals surface area contributed by atoms with Gasteiger partial charge in [-0.2, -0.15) is 8.78 Å². The summed E-state index contributed by atoms with van der Waals surface area (Å²) >= 11 is 0. The van der Waals surface area contributed by atoms with Crippen LogP contribution >= 0.6 is 0 Å². The van der Waals surface area contributed by atoms with Gasteiger partial charge in [0.25, 0.3) is 0 Å². The van der Waals surface area contributed by atoms with Gasteiger partial charge >= 0.3 is 12.3 Å². The molecule has 1 aliphatic rings. The van der Waals surface area contributed by atoms with Crippen molar-refractivity contribution in [2.45, 2.75) is 38.5 Å². The van der Waals surface area contributed by atoms with Crippen LogP contribution in [0.15, 0.2) is 18.3 Å². The first kappa shape index (κ1) is 20.4. The van der Waals surface area contributed by atoms with Crippen LogP contribution in [0, 0.1) is 11.8 Å². The standard InChI is InChI=1S/C17H23F4N3O2/c1-11(12-4-6-22-7-5-12)8-14(25)24-13-2-3-15(23-9-13)26-10-17(20,21)16(18)19/h2-3,9,11-12,16,22H,4-8,10H2,1H3,(H,24,25). The Kier molecular flexibility index (Phi) is 7.19. The van der Waals surface area contributed by atoms with Crippen molar-refractivity contribution < 1.29 is 27.1 Å². The first-order chi connectivity index (χ1) is 12.3. The molecule has 1 aromatic heterocycles. The maximum atomic E-state index is 12.8. The smallest absolute Gasteiger partial charge is 0.340 e. The van der Waals surface area contributed by atoms with Crippen molar-refractivity contribution >= 4 is 11.6 Å². The highest BCUT2D eigenvalue weighted by atomic mass is 19.3. The zero-order chi connectivity index (χ0) is 19.2. The average Bonchev–Trinajstić information content (AvgIpc) is 2.61. The zero-order valence-corrected chi connectivity index (χ0v) is 14.5. The summed E-state index contributed by atoms with van der Waals surface area (Å²) in [7, 11) is 0. The molecule has 0 spiro atoms. The molecule has 146 valence electrons. The van der Waals surface area contributed by atoms with Crippen molar-refractivity contribution in [3.8, 4) is 5.88 Å². The second-order valence-electron chi connectivity index (χ2n) is 6.55. The summed E-state index contributed by atoms with van der Waals surface area (Å²) < 4.78 is 54.3. The fourth-order valence-electron chi connectivity index (χ4n) is 2.86. The number of carbonyl (C=O) groups excluding carboxylic acids is 1. The molecule has 2 heterocycles. The summed E-state index contributed by atoms with van der Waals surface area (Å²) in [5.41, 5.74) is 0.389. The minimum Gasteiger partial charge on any atom is -0.471 e. The molecule has 1 atom stereocenters. The lowest BCUT2D eigenvalue weighted by Crippen LogP contribution is -2.33. The predicted molar refractivity (Wildman–Crippen MR) is 88.7 cm³/mol. The Morgan fingerprint density at radius 2 is 2.08 bits per heavy atom. The van der Waals surface area contributed by atoms with Crippen LogP contribution < -0.4 is 15.4 Å². The van der Waals surface area contributed by atoms with Gasteiger partial charge in [0.15, 0.2) is 6.61 Å². The number of piperidine rings is 1. The van der Waals surface area contributed by atoms with Crippen molar-refractivity contribution in [2.24, 2.45) is 11.8 Å². The van der Waals surface area contributed by atoms with Gasteiger partial charge in [-0.25, -0.2) is 13.8 Å². The van der Waals surface area contributed by atoms with Crippen LogP contribution in [0.4, 0.5) is 23.2 Å². The third-order valence-electron chi connectivity index (χ3n) is 4.45. The summed E-state index contributed by atoms with van der Waals surface area (Å²) in [6.07, 6.45) is -0.0914. The number of anilines is 1. The van der Waals surface area contributed by atoms with Gasteiger partial charge in [-0.1, -0.05) is 6.92 Å². The molecular weight excluding hydrogens is 354 g/mol. The van der Waals surface area contributed by atoms with Crippen molar-refractivity contribution in [3.63, 3.8) is 0 Å². The van der Waals surface area contributed by atoms with E-state index >= 15 is 0 Å². The lowest BCUT2D eigenvalue weighted by molar-refractivity contribution is -0.148. The monoisotopic (exact) mass is 377 g/mol. The second-order valence-corrected chi connectivity index (χ2v) is 6.55. The van der Waals surface area contributed by atoms with Gasteiger partial charge in [-0.3, -0.25) is 4.79 Å². The highest BCUT2D eigenvalue weighted by Gasteiger charge is 2.41. The largest absolute Gasteiger partial charge is 0.471 e. The van der Waals surface area contributed by atoms with E-state index < -0.39 is 19.0 Å². The van der Waals surface area contributed by atoms with E-state index in [0.29, 0.717) is 18.0 Å². The summed E-state index contributed by atoms with van der Waals surface area (Å²) in [5.74, 6) is -3.85. The molecule has 0 bridgehead atoms. The summed E-state index contributed by atoms with van der Waals surface area (Å²) in [6.45, 7) is 2.52. The van der Waals surface area contributed by atoms with Crippen LogP contribution in [0.25, 0.3) is 0 Å². The summed E-state index contributed by atoms with van der Waals surface area (Å²) in [6, 6.07) is 2.67. The molecule has 1 fully saturated rings. The molecule has 0 saturated carbocycles. The third kappa shape index (κ3) is 6.12. The minimum atomic E-state index is -4.24. The number of pyridine rings is 1. The summed E-state index contributed by atoms with van der Waals surface area (Å²) in [5, 5.41) is 5.97. The molecule has 1 amide bonds. The number of hydrogen-bond acceptors (Lipinski definition) is 4. The second kappa shape index (κ2) is 9.16. The normalized spacial score (nSPS) is 17.2. The number of carbonyl (C=O) groups is 1. The van der Waals surface area contributed by atoms with Crippen LogP contribution in [0.1, 0.15) is 26.2 Å². The van der Waals surface area contributed by atoms with Gasteiger partial charge in [0.2, 0.25) is 11.8 Å². The molecule has 5 nitrogen and oxygen atoms in total. The molecule has 0 aromatic carbocycles. The van der Waals surface area contributed by atoms with E-state index in [0.717, 1.165) is 25.9 Å². The van der Waals surface area contributed by atoms with Gasteiger partial charge in [-0.05, 0) is 43.8 Å². The molecule has 26 heavy (non-hydrogen) atoms. The number of ether oxygens (including phenoxy) is 1. The Balaban J connectivity index is 1.79. The number of hydrogen-bond donors (Lipinski definition) is 2. The Morgan fingerprint density at radius 1 is 1.38 bits per heavy atom. The zero-order valence-electron chi connectivity index (χ0n) is 14.5. The lowest BCUT2D eigenvalue weighted by Gasteiger charge is -2.27. The average molecular weight is 377 g/mol. The number of rotatable bonds is 8. The number of nitrogens with zero attached hydrogens (tertiary/aromatic N) is 1. The molecule has 9 heteroatoms. The van der Waals surface area contributed by atoms with E-state index in [-0.39, 0.29) is 17.7 Å². The van der Waals surface area contributed by atoms with E-state index in [2.05, 4.69) is 20.4 Å². The molecule has 0 radical (unpaired) electrons. The van der Waals surface area contributed by atoms with Crippen LogP contribution in [0.3, 0.4) is 0 Å². The number of alkyl halides is 4.